The van der Waals surface area contributed by atoms with E-state index in [2.05, 4.69) is 20.9 Å². The van der Waals surface area contributed by atoms with Crippen LogP contribution in [0.5, 0.6) is 0 Å². The zero-order chi connectivity index (χ0) is 13.6. The molecule has 3 rings (SSSR count). The summed E-state index contributed by atoms with van der Waals surface area (Å²) in [5, 5.41) is 0. The number of nitrogens with zero attached hydrogens (tertiary/aromatic N) is 2. The number of hydrogen-bond acceptors (Lipinski definition) is 4. The number of aromatic nitrogens is 1. The maximum Gasteiger partial charge on any atom is 0.269 e. The van der Waals surface area contributed by atoms with Crippen LogP contribution >= 0.6 is 15.9 Å². The number of halogens is 1. The molecule has 0 aliphatic carbocycles. The third-order valence-corrected chi connectivity index (χ3v) is 3.36. The molecule has 0 saturated heterocycles. The van der Waals surface area contributed by atoms with Gasteiger partial charge < -0.3 is 5.73 Å². The molecule has 2 amide bonds. The minimum absolute atomic E-state index is 0.247. The Kier molecular flexibility index (Phi) is 2.60. The number of imide groups is 1. The van der Waals surface area contributed by atoms with Crippen molar-refractivity contribution in [1.29, 1.82) is 0 Å². The fourth-order valence-corrected chi connectivity index (χ4v) is 2.25. The maximum absolute atomic E-state index is 12.3. The van der Waals surface area contributed by atoms with Gasteiger partial charge in [0.25, 0.3) is 11.8 Å². The quantitative estimate of drug-likeness (QED) is 0.646. The molecule has 2 aromatic rings. The molecule has 2 N–H and O–H groups in total. The Morgan fingerprint density at radius 3 is 2.53 bits per heavy atom. The van der Waals surface area contributed by atoms with Gasteiger partial charge in [0, 0.05) is 16.4 Å². The number of pyridine rings is 1. The van der Waals surface area contributed by atoms with E-state index in [9.17, 15) is 9.59 Å². The highest BCUT2D eigenvalue weighted by Crippen LogP contribution is 2.30. The zero-order valence-electron chi connectivity index (χ0n) is 9.63. The molecule has 94 valence electrons. The molecule has 19 heavy (non-hydrogen) atoms. The van der Waals surface area contributed by atoms with Crippen molar-refractivity contribution < 1.29 is 9.59 Å². The van der Waals surface area contributed by atoms with E-state index in [1.807, 2.05) is 0 Å². The van der Waals surface area contributed by atoms with Crippen LogP contribution in [-0.2, 0) is 0 Å². The molecular formula is C13H8BrN3O2. The van der Waals surface area contributed by atoms with Gasteiger partial charge in [-0.1, -0.05) is 6.07 Å². The van der Waals surface area contributed by atoms with E-state index in [1.165, 1.54) is 6.20 Å². The lowest BCUT2D eigenvalue weighted by atomic mass is 10.1. The number of rotatable bonds is 1. The van der Waals surface area contributed by atoms with Crippen molar-refractivity contribution in [3.05, 3.63) is 52.1 Å². The van der Waals surface area contributed by atoms with E-state index in [1.54, 1.807) is 30.3 Å². The molecule has 0 fully saturated rings. The second-order valence-electron chi connectivity index (χ2n) is 4.05. The molecule has 0 spiro atoms. The molecule has 6 heteroatoms. The minimum atomic E-state index is -0.437. The number of benzene rings is 1. The average Bonchev–Trinajstić information content (AvgIpc) is 2.65. The Balaban J connectivity index is 2.13. The number of hydrogen-bond donors (Lipinski definition) is 1. The van der Waals surface area contributed by atoms with Gasteiger partial charge in [-0.15, -0.1) is 0 Å². The van der Waals surface area contributed by atoms with Gasteiger partial charge in [-0.3, -0.25) is 9.59 Å². The van der Waals surface area contributed by atoms with Crippen molar-refractivity contribution in [1.82, 2.24) is 4.98 Å². The first kappa shape index (κ1) is 11.9. The van der Waals surface area contributed by atoms with Crippen LogP contribution < -0.4 is 10.6 Å². The van der Waals surface area contributed by atoms with Crippen LogP contribution in [0.1, 0.15) is 20.7 Å². The zero-order valence-corrected chi connectivity index (χ0v) is 11.2. The number of carbonyl (C=O) groups is 2. The summed E-state index contributed by atoms with van der Waals surface area (Å²) < 4.78 is 0.771. The molecule has 1 aliphatic heterocycles. The van der Waals surface area contributed by atoms with E-state index in [0.29, 0.717) is 11.3 Å². The molecule has 2 heterocycles. The molecule has 0 atom stereocenters. The number of carbonyl (C=O) groups excluding carboxylic acids is 2. The normalized spacial score (nSPS) is 13.8. The Morgan fingerprint density at radius 1 is 1.11 bits per heavy atom. The second-order valence-corrected chi connectivity index (χ2v) is 4.97. The van der Waals surface area contributed by atoms with Crippen molar-refractivity contribution in [2.45, 2.75) is 0 Å². The second kappa shape index (κ2) is 4.17. The molecule has 1 aromatic carbocycles. The summed E-state index contributed by atoms with van der Waals surface area (Å²) in [6.45, 7) is 0. The van der Waals surface area contributed by atoms with Crippen molar-refractivity contribution in [3.8, 4) is 0 Å². The standard InChI is InChI=1S/C13H8BrN3O2/c14-7-4-5-10(16-6-7)17-12(18)8-2-1-3-9(15)11(8)13(17)19/h1-6H,15H2. The molecule has 0 unspecified atom stereocenters. The SMILES string of the molecule is Nc1cccc2c1C(=O)N(c1ccc(Br)cn1)C2=O. The molecule has 0 radical (unpaired) electrons. The Morgan fingerprint density at radius 2 is 1.89 bits per heavy atom. The summed E-state index contributed by atoms with van der Waals surface area (Å²) in [4.78, 5) is 29.6. The highest BCUT2D eigenvalue weighted by molar-refractivity contribution is 9.10. The van der Waals surface area contributed by atoms with Gasteiger partial charge in [-0.05, 0) is 40.2 Å². The number of amides is 2. The number of anilines is 2. The van der Waals surface area contributed by atoms with Gasteiger partial charge in [-0.25, -0.2) is 9.88 Å². The van der Waals surface area contributed by atoms with Gasteiger partial charge in [0.05, 0.1) is 11.1 Å². The first-order valence-electron chi connectivity index (χ1n) is 5.48. The summed E-state index contributed by atoms with van der Waals surface area (Å²) in [5.74, 6) is -0.552. The summed E-state index contributed by atoms with van der Waals surface area (Å²) in [7, 11) is 0. The molecule has 0 saturated carbocycles. The van der Waals surface area contributed by atoms with Gasteiger partial charge >= 0.3 is 0 Å². The third-order valence-electron chi connectivity index (χ3n) is 2.89. The number of fused-ring (bicyclic) bond motifs is 1. The number of nitrogens with two attached hydrogens (primary N) is 1. The molecule has 5 nitrogen and oxygen atoms in total. The Labute approximate surface area is 117 Å². The fourth-order valence-electron chi connectivity index (χ4n) is 2.02. The van der Waals surface area contributed by atoms with Crippen molar-refractivity contribution in [3.63, 3.8) is 0 Å². The highest BCUT2D eigenvalue weighted by atomic mass is 79.9. The van der Waals surface area contributed by atoms with Crippen LogP contribution in [0.15, 0.2) is 41.0 Å². The van der Waals surface area contributed by atoms with E-state index < -0.39 is 11.8 Å². The van der Waals surface area contributed by atoms with Crippen LogP contribution in [-0.4, -0.2) is 16.8 Å². The molecular weight excluding hydrogens is 310 g/mol. The predicted octanol–water partition coefficient (Wildman–Crippen LogP) is 2.23. The lowest BCUT2D eigenvalue weighted by Gasteiger charge is -2.12. The van der Waals surface area contributed by atoms with Crippen LogP contribution in [0.4, 0.5) is 11.5 Å². The van der Waals surface area contributed by atoms with Crippen LogP contribution in [0.2, 0.25) is 0 Å². The van der Waals surface area contributed by atoms with Crippen LogP contribution in [0, 0.1) is 0 Å². The van der Waals surface area contributed by atoms with Gasteiger partial charge in [0.15, 0.2) is 0 Å². The van der Waals surface area contributed by atoms with Crippen molar-refractivity contribution in [2.75, 3.05) is 10.6 Å². The molecule has 0 bridgehead atoms. The predicted molar refractivity (Wildman–Crippen MR) is 73.9 cm³/mol. The van der Waals surface area contributed by atoms with E-state index >= 15 is 0 Å². The summed E-state index contributed by atoms with van der Waals surface area (Å²) in [6, 6.07) is 8.16. The van der Waals surface area contributed by atoms with Gasteiger partial charge in [0.1, 0.15) is 5.82 Å². The van der Waals surface area contributed by atoms with E-state index in [0.717, 1.165) is 9.37 Å². The molecule has 1 aliphatic rings. The lowest BCUT2D eigenvalue weighted by molar-refractivity contribution is 0.0925. The Hall–Kier alpha value is -2.21. The van der Waals surface area contributed by atoms with Crippen molar-refractivity contribution in [2.24, 2.45) is 0 Å². The van der Waals surface area contributed by atoms with Crippen LogP contribution in [0.25, 0.3) is 0 Å². The summed E-state index contributed by atoms with van der Waals surface area (Å²) in [6.07, 6.45) is 1.53. The fraction of sp³-hybridized carbons (Fsp3) is 0. The maximum atomic E-state index is 12.3. The topological polar surface area (TPSA) is 76.3 Å². The first-order valence-corrected chi connectivity index (χ1v) is 6.27. The average molecular weight is 318 g/mol. The van der Waals surface area contributed by atoms with E-state index in [4.69, 9.17) is 5.73 Å². The summed E-state index contributed by atoms with van der Waals surface area (Å²) in [5.41, 5.74) is 6.62. The first-order chi connectivity index (χ1) is 9.09. The van der Waals surface area contributed by atoms with E-state index in [-0.39, 0.29) is 11.4 Å². The smallest absolute Gasteiger partial charge is 0.269 e. The number of nitrogen functional groups attached to an aromatic ring is 1. The van der Waals surface area contributed by atoms with Gasteiger partial charge in [0.2, 0.25) is 0 Å². The van der Waals surface area contributed by atoms with Crippen molar-refractivity contribution >= 4 is 39.2 Å². The lowest BCUT2D eigenvalue weighted by Crippen LogP contribution is -2.30. The largest absolute Gasteiger partial charge is 0.398 e. The monoisotopic (exact) mass is 317 g/mol. The highest BCUT2D eigenvalue weighted by Gasteiger charge is 2.38. The van der Waals surface area contributed by atoms with Crippen LogP contribution in [0.3, 0.4) is 0 Å². The summed E-state index contributed by atoms with van der Waals surface area (Å²) >= 11 is 3.25. The molecule has 1 aromatic heterocycles. The Bertz CT molecular complexity index is 698. The van der Waals surface area contributed by atoms with Gasteiger partial charge in [-0.2, -0.15) is 0 Å². The minimum Gasteiger partial charge on any atom is -0.398 e. The third kappa shape index (κ3) is 1.72.